The molecule has 1 aliphatic rings. The van der Waals surface area contributed by atoms with Crippen molar-refractivity contribution in [3.63, 3.8) is 0 Å². The van der Waals surface area contributed by atoms with Crippen LogP contribution in [0, 0.1) is 0 Å². The lowest BCUT2D eigenvalue weighted by atomic mass is 9.90. The van der Waals surface area contributed by atoms with Crippen molar-refractivity contribution in [3.05, 3.63) is 36.0 Å². The summed E-state index contributed by atoms with van der Waals surface area (Å²) in [4.78, 5) is 40.8. The molecule has 1 aromatic heterocycles. The first kappa shape index (κ1) is 20.9. The summed E-state index contributed by atoms with van der Waals surface area (Å²) in [5, 5.41) is 14.2. The van der Waals surface area contributed by atoms with E-state index >= 15 is 0 Å². The maximum Gasteiger partial charge on any atom is 0.252 e. The molecule has 1 saturated heterocycles. The number of aromatic amines is 1. The number of nitrogens with zero attached hydrogens (tertiary/aromatic N) is 1. The van der Waals surface area contributed by atoms with Crippen LogP contribution in [-0.2, 0) is 20.8 Å². The quantitative estimate of drug-likeness (QED) is 0.549. The fourth-order valence-electron chi connectivity index (χ4n) is 3.68. The van der Waals surface area contributed by atoms with E-state index < -0.39 is 23.5 Å². The van der Waals surface area contributed by atoms with Gasteiger partial charge in [0.05, 0.1) is 0 Å². The zero-order chi connectivity index (χ0) is 21.0. The van der Waals surface area contributed by atoms with Crippen LogP contribution >= 0.6 is 0 Å². The van der Waals surface area contributed by atoms with Gasteiger partial charge in [0.15, 0.2) is 0 Å². The zero-order valence-corrected chi connectivity index (χ0v) is 16.6. The molecule has 1 fully saturated rings. The van der Waals surface area contributed by atoms with Crippen LogP contribution in [-0.4, -0.2) is 57.4 Å². The topological polar surface area (TPSA) is 129 Å². The lowest BCUT2D eigenvalue weighted by Gasteiger charge is -2.37. The molecule has 8 nitrogen and oxygen atoms in total. The molecule has 0 unspecified atom stereocenters. The maximum absolute atomic E-state index is 12.5. The first-order chi connectivity index (χ1) is 13.8. The number of para-hydroxylation sites is 1. The van der Waals surface area contributed by atoms with Gasteiger partial charge in [-0.1, -0.05) is 18.2 Å². The second-order valence-electron chi connectivity index (χ2n) is 7.72. The second kappa shape index (κ2) is 8.65. The van der Waals surface area contributed by atoms with Crippen molar-refractivity contribution < 1.29 is 19.5 Å². The molecule has 1 atom stereocenters. The highest BCUT2D eigenvalue weighted by atomic mass is 16.3. The molecule has 0 aliphatic carbocycles. The number of carbonyl (C=O) groups is 3. The molecule has 2 aromatic rings. The molecule has 0 bridgehead atoms. The molecule has 1 aromatic carbocycles. The average Bonchev–Trinajstić information content (AvgIpc) is 3.11. The highest BCUT2D eigenvalue weighted by Crippen LogP contribution is 2.24. The number of nitrogens with two attached hydrogens (primary N) is 1. The lowest BCUT2D eigenvalue weighted by molar-refractivity contribution is -0.150. The summed E-state index contributed by atoms with van der Waals surface area (Å²) in [5.74, 6) is -1.25. The third-order valence-electron chi connectivity index (χ3n) is 5.65. The predicted molar refractivity (Wildman–Crippen MR) is 109 cm³/mol. The monoisotopic (exact) mass is 400 g/mol. The van der Waals surface area contributed by atoms with E-state index in [1.165, 1.54) is 17.9 Å². The predicted octanol–water partition coefficient (Wildman–Crippen LogP) is 0.834. The molecule has 0 radical (unpaired) electrons. The fourth-order valence-corrected chi connectivity index (χ4v) is 3.68. The number of aryl methyl sites for hydroxylation is 1. The van der Waals surface area contributed by atoms with E-state index in [-0.39, 0.29) is 18.7 Å². The third kappa shape index (κ3) is 4.76. The van der Waals surface area contributed by atoms with Crippen LogP contribution in [0.1, 0.15) is 38.2 Å². The summed E-state index contributed by atoms with van der Waals surface area (Å²) in [5.41, 5.74) is 5.85. The van der Waals surface area contributed by atoms with E-state index in [4.69, 9.17) is 5.73 Å². The lowest BCUT2D eigenvalue weighted by Crippen LogP contribution is -2.57. The molecular weight excluding hydrogens is 372 g/mol. The highest BCUT2D eigenvalue weighted by Gasteiger charge is 2.41. The minimum absolute atomic E-state index is 0.0257. The van der Waals surface area contributed by atoms with Gasteiger partial charge in [-0.3, -0.25) is 14.4 Å². The molecule has 2 heterocycles. The van der Waals surface area contributed by atoms with Gasteiger partial charge in [-0.2, -0.15) is 0 Å². The number of likely N-dealkylation sites (tertiary alicyclic amines) is 1. The Bertz CT molecular complexity index is 899. The Kier molecular flexibility index (Phi) is 6.22. The number of piperidine rings is 1. The number of rotatable bonds is 7. The highest BCUT2D eigenvalue weighted by molar-refractivity contribution is 5.90. The number of hydrogen-bond acceptors (Lipinski definition) is 4. The molecule has 0 saturated carbocycles. The van der Waals surface area contributed by atoms with Crippen molar-refractivity contribution in [1.29, 1.82) is 0 Å². The largest absolute Gasteiger partial charge is 0.380 e. The second-order valence-corrected chi connectivity index (χ2v) is 7.72. The zero-order valence-electron chi connectivity index (χ0n) is 16.6. The Morgan fingerprint density at radius 1 is 1.28 bits per heavy atom. The number of amides is 3. The van der Waals surface area contributed by atoms with Crippen LogP contribution in [0.4, 0.5) is 0 Å². The Hall–Kier alpha value is -2.87. The van der Waals surface area contributed by atoms with Crippen molar-refractivity contribution in [1.82, 2.24) is 15.2 Å². The normalized spacial score (nSPS) is 17.1. The molecular formula is C21H28N4O4. The number of primary amides is 1. The smallest absolute Gasteiger partial charge is 0.252 e. The van der Waals surface area contributed by atoms with Gasteiger partial charge < -0.3 is 26.0 Å². The summed E-state index contributed by atoms with van der Waals surface area (Å²) >= 11 is 0. The number of fused-ring (bicyclic) bond motifs is 1. The van der Waals surface area contributed by atoms with Gasteiger partial charge >= 0.3 is 0 Å². The summed E-state index contributed by atoms with van der Waals surface area (Å²) < 4.78 is 0. The van der Waals surface area contributed by atoms with E-state index in [9.17, 15) is 19.5 Å². The number of aromatic nitrogens is 1. The summed E-state index contributed by atoms with van der Waals surface area (Å²) in [6, 6.07) is 7.23. The molecule has 5 N–H and O–H groups in total. The number of benzene rings is 1. The van der Waals surface area contributed by atoms with Crippen LogP contribution in [0.2, 0.25) is 0 Å². The minimum atomic E-state index is -1.58. The summed E-state index contributed by atoms with van der Waals surface area (Å²) in [6.45, 7) is 2.08. The van der Waals surface area contributed by atoms with E-state index in [2.05, 4.69) is 16.4 Å². The number of H-pyrrole nitrogens is 1. The molecule has 3 rings (SSSR count). The van der Waals surface area contributed by atoms with Crippen molar-refractivity contribution in [2.24, 2.45) is 5.73 Å². The van der Waals surface area contributed by atoms with Crippen LogP contribution in [0.5, 0.6) is 0 Å². The van der Waals surface area contributed by atoms with Crippen LogP contribution in [0.3, 0.4) is 0 Å². The number of aliphatic hydroxyl groups is 1. The van der Waals surface area contributed by atoms with Gasteiger partial charge in [0.2, 0.25) is 11.8 Å². The number of nitrogens with one attached hydrogen (secondary N) is 2. The van der Waals surface area contributed by atoms with Crippen molar-refractivity contribution in [2.75, 3.05) is 13.1 Å². The fraction of sp³-hybridized carbons (Fsp3) is 0.476. The standard InChI is InChI=1S/C21H28N4O4/c1-14(19(22)27)24-20(28)21(29)9-11-25(12-10-21)18(26)8-4-5-15-13-23-17-7-3-2-6-16(15)17/h2-3,6-7,13-14,23,29H,4-5,8-12H2,1H3,(H2,22,27)(H,24,28)/t14-/m0/s1. The number of hydrogen-bond donors (Lipinski definition) is 4. The third-order valence-corrected chi connectivity index (χ3v) is 5.65. The SMILES string of the molecule is C[C@H](NC(=O)C1(O)CCN(C(=O)CCCc2c[nH]c3ccccc23)CC1)C(N)=O. The molecule has 29 heavy (non-hydrogen) atoms. The van der Waals surface area contributed by atoms with E-state index in [0.717, 1.165) is 18.4 Å². The van der Waals surface area contributed by atoms with Gasteiger partial charge in [0.25, 0.3) is 5.91 Å². The number of carbonyl (C=O) groups excluding carboxylic acids is 3. The Balaban J connectivity index is 1.46. The first-order valence-corrected chi connectivity index (χ1v) is 9.95. The van der Waals surface area contributed by atoms with Gasteiger partial charge in [-0.25, -0.2) is 0 Å². The Morgan fingerprint density at radius 3 is 2.66 bits per heavy atom. The van der Waals surface area contributed by atoms with E-state index in [0.29, 0.717) is 19.5 Å². The average molecular weight is 400 g/mol. The van der Waals surface area contributed by atoms with Crippen LogP contribution in [0.15, 0.2) is 30.5 Å². The van der Waals surface area contributed by atoms with Crippen molar-refractivity contribution in [3.8, 4) is 0 Å². The maximum atomic E-state index is 12.5. The molecule has 1 aliphatic heterocycles. The van der Waals surface area contributed by atoms with Crippen molar-refractivity contribution in [2.45, 2.75) is 50.7 Å². The Labute approximate surface area is 169 Å². The van der Waals surface area contributed by atoms with Crippen LogP contribution in [0.25, 0.3) is 10.9 Å². The molecule has 8 heteroatoms. The van der Waals surface area contributed by atoms with Gasteiger partial charge in [-0.15, -0.1) is 0 Å². The van der Waals surface area contributed by atoms with Crippen LogP contribution < -0.4 is 11.1 Å². The molecule has 156 valence electrons. The van der Waals surface area contributed by atoms with E-state index in [1.54, 1.807) is 4.90 Å². The Morgan fingerprint density at radius 2 is 1.97 bits per heavy atom. The van der Waals surface area contributed by atoms with Gasteiger partial charge in [0.1, 0.15) is 11.6 Å². The minimum Gasteiger partial charge on any atom is -0.380 e. The van der Waals surface area contributed by atoms with E-state index in [1.807, 2.05) is 24.4 Å². The van der Waals surface area contributed by atoms with Crippen molar-refractivity contribution >= 4 is 28.6 Å². The summed E-state index contributed by atoms with van der Waals surface area (Å²) in [6.07, 6.45) is 4.22. The molecule has 0 spiro atoms. The summed E-state index contributed by atoms with van der Waals surface area (Å²) in [7, 11) is 0. The van der Waals surface area contributed by atoms with Gasteiger partial charge in [-0.05, 0) is 31.4 Å². The van der Waals surface area contributed by atoms with Gasteiger partial charge in [0, 0.05) is 49.5 Å². The molecule has 3 amide bonds. The first-order valence-electron chi connectivity index (χ1n) is 9.95.